The molecular weight excluding hydrogens is 428 g/mol. The normalized spacial score (nSPS) is 18.2. The molecule has 0 unspecified atom stereocenters. The van der Waals surface area contributed by atoms with Gasteiger partial charge in [0.2, 0.25) is 0 Å². The van der Waals surface area contributed by atoms with Crippen molar-refractivity contribution in [2.45, 2.75) is 18.6 Å². The van der Waals surface area contributed by atoms with Gasteiger partial charge < -0.3 is 14.8 Å². The highest BCUT2D eigenvalue weighted by Gasteiger charge is 2.41. The Balaban J connectivity index is 1.60. The molecule has 0 aliphatic carbocycles. The van der Waals surface area contributed by atoms with E-state index < -0.39 is 0 Å². The SMILES string of the molecule is S=C1N[C@H](c2ccccn2)[C@@H](c2cccn2-c2ccc(Cl)cn2)N1Cc1ccncc1. The first-order chi connectivity index (χ1) is 15.2. The lowest BCUT2D eigenvalue weighted by atomic mass is 10.0. The molecule has 2 atom stereocenters. The number of halogens is 1. The van der Waals surface area contributed by atoms with Crippen molar-refractivity contribution in [2.24, 2.45) is 0 Å². The van der Waals surface area contributed by atoms with E-state index in [9.17, 15) is 0 Å². The molecule has 0 aromatic carbocycles. The minimum Gasteiger partial charge on any atom is -0.352 e. The van der Waals surface area contributed by atoms with Gasteiger partial charge in [-0.25, -0.2) is 4.98 Å². The third kappa shape index (κ3) is 3.89. The highest BCUT2D eigenvalue weighted by atomic mass is 35.5. The van der Waals surface area contributed by atoms with E-state index in [0.717, 1.165) is 22.8 Å². The van der Waals surface area contributed by atoms with Crippen LogP contribution in [0.2, 0.25) is 5.02 Å². The molecule has 1 fully saturated rings. The zero-order valence-electron chi connectivity index (χ0n) is 16.5. The van der Waals surface area contributed by atoms with E-state index in [4.69, 9.17) is 23.8 Å². The second kappa shape index (κ2) is 8.45. The lowest BCUT2D eigenvalue weighted by Crippen LogP contribution is -2.30. The van der Waals surface area contributed by atoms with Crippen LogP contribution in [0.4, 0.5) is 0 Å². The highest BCUT2D eigenvalue weighted by molar-refractivity contribution is 7.80. The van der Waals surface area contributed by atoms with E-state index in [1.807, 2.05) is 60.9 Å². The number of hydrogen-bond donors (Lipinski definition) is 1. The molecule has 154 valence electrons. The summed E-state index contributed by atoms with van der Waals surface area (Å²) in [5, 5.41) is 4.78. The molecule has 6 nitrogen and oxygen atoms in total. The second-order valence-corrected chi connectivity index (χ2v) is 8.07. The van der Waals surface area contributed by atoms with Crippen molar-refractivity contribution in [2.75, 3.05) is 0 Å². The third-order valence-corrected chi connectivity index (χ3v) is 5.92. The van der Waals surface area contributed by atoms with E-state index in [1.165, 1.54) is 0 Å². The van der Waals surface area contributed by atoms with Gasteiger partial charge in [-0.1, -0.05) is 17.7 Å². The van der Waals surface area contributed by atoms with Gasteiger partial charge in [0.15, 0.2) is 5.11 Å². The second-order valence-electron chi connectivity index (χ2n) is 7.25. The van der Waals surface area contributed by atoms with Crippen molar-refractivity contribution in [3.8, 4) is 5.82 Å². The van der Waals surface area contributed by atoms with Crippen LogP contribution < -0.4 is 5.32 Å². The van der Waals surface area contributed by atoms with Crippen molar-refractivity contribution in [1.82, 2.24) is 29.7 Å². The number of hydrogen-bond acceptors (Lipinski definition) is 4. The number of aromatic nitrogens is 4. The van der Waals surface area contributed by atoms with E-state index in [1.54, 1.807) is 18.6 Å². The van der Waals surface area contributed by atoms with Gasteiger partial charge in [0.25, 0.3) is 0 Å². The molecule has 4 aromatic heterocycles. The molecule has 5 rings (SSSR count). The first-order valence-corrected chi connectivity index (χ1v) is 10.7. The van der Waals surface area contributed by atoms with Crippen LogP contribution in [-0.2, 0) is 6.54 Å². The fraction of sp³-hybridized carbons (Fsp3) is 0.130. The zero-order valence-corrected chi connectivity index (χ0v) is 18.0. The molecule has 0 spiro atoms. The Labute approximate surface area is 190 Å². The molecular formula is C23H19ClN6S. The molecule has 1 aliphatic rings. The van der Waals surface area contributed by atoms with Crippen molar-refractivity contribution in [3.05, 3.63) is 108 Å². The van der Waals surface area contributed by atoms with Gasteiger partial charge in [0, 0.05) is 43.2 Å². The van der Waals surface area contributed by atoms with Crippen LogP contribution in [-0.4, -0.2) is 29.5 Å². The highest BCUT2D eigenvalue weighted by Crippen LogP contribution is 2.40. The largest absolute Gasteiger partial charge is 0.352 e. The molecule has 8 heteroatoms. The van der Waals surface area contributed by atoms with Crippen LogP contribution in [0, 0.1) is 0 Å². The summed E-state index contributed by atoms with van der Waals surface area (Å²) in [4.78, 5) is 15.5. The Morgan fingerprint density at radius 3 is 2.58 bits per heavy atom. The Morgan fingerprint density at radius 2 is 1.84 bits per heavy atom. The van der Waals surface area contributed by atoms with Gasteiger partial charge in [0.05, 0.1) is 22.8 Å². The zero-order chi connectivity index (χ0) is 21.2. The quantitative estimate of drug-likeness (QED) is 0.456. The summed E-state index contributed by atoms with van der Waals surface area (Å²) in [6.45, 7) is 0.654. The van der Waals surface area contributed by atoms with Crippen LogP contribution >= 0.6 is 23.8 Å². The van der Waals surface area contributed by atoms with Crippen LogP contribution in [0.25, 0.3) is 5.82 Å². The van der Waals surface area contributed by atoms with Crippen LogP contribution in [0.1, 0.15) is 29.0 Å². The fourth-order valence-electron chi connectivity index (χ4n) is 3.94. The lowest BCUT2D eigenvalue weighted by Gasteiger charge is -2.28. The Bertz CT molecular complexity index is 1180. The third-order valence-electron chi connectivity index (χ3n) is 5.34. The molecule has 0 radical (unpaired) electrons. The Hall–Kier alpha value is -3.29. The Kier molecular flexibility index (Phi) is 5.36. The van der Waals surface area contributed by atoms with Crippen molar-refractivity contribution in [3.63, 3.8) is 0 Å². The number of pyridine rings is 3. The van der Waals surface area contributed by atoms with Crippen LogP contribution in [0.3, 0.4) is 0 Å². The maximum atomic E-state index is 6.06. The van der Waals surface area contributed by atoms with Gasteiger partial charge in [-0.05, 0) is 66.3 Å². The summed E-state index contributed by atoms with van der Waals surface area (Å²) in [6, 6.07) is 17.7. The number of thiocarbonyl (C=S) groups is 1. The van der Waals surface area contributed by atoms with Gasteiger partial charge in [0.1, 0.15) is 5.82 Å². The summed E-state index contributed by atoms with van der Waals surface area (Å²) < 4.78 is 2.08. The Morgan fingerprint density at radius 1 is 0.968 bits per heavy atom. The molecule has 1 aliphatic heterocycles. The van der Waals surface area contributed by atoms with Crippen LogP contribution in [0.5, 0.6) is 0 Å². The van der Waals surface area contributed by atoms with E-state index in [-0.39, 0.29) is 12.1 Å². The molecule has 31 heavy (non-hydrogen) atoms. The first kappa shape index (κ1) is 19.7. The smallest absolute Gasteiger partial charge is 0.170 e. The number of nitrogens with one attached hydrogen (secondary N) is 1. The molecule has 1 saturated heterocycles. The summed E-state index contributed by atoms with van der Waals surface area (Å²) in [5.74, 6) is 0.797. The first-order valence-electron chi connectivity index (χ1n) is 9.87. The van der Waals surface area contributed by atoms with Gasteiger partial charge in [-0.2, -0.15) is 0 Å². The van der Waals surface area contributed by atoms with Gasteiger partial charge in [-0.3, -0.25) is 9.97 Å². The molecule has 1 N–H and O–H groups in total. The summed E-state index contributed by atoms with van der Waals surface area (Å²) in [7, 11) is 0. The lowest BCUT2D eigenvalue weighted by molar-refractivity contribution is 0.302. The summed E-state index contributed by atoms with van der Waals surface area (Å²) in [5.41, 5.74) is 3.13. The molecule has 5 heterocycles. The molecule has 0 saturated carbocycles. The maximum Gasteiger partial charge on any atom is 0.170 e. The van der Waals surface area contributed by atoms with Crippen molar-refractivity contribution >= 4 is 28.9 Å². The van der Waals surface area contributed by atoms with Crippen LogP contribution in [0.15, 0.2) is 85.6 Å². The predicted octanol–water partition coefficient (Wildman–Crippen LogP) is 4.49. The average Bonchev–Trinajstić information content (AvgIpc) is 3.40. The summed E-state index contributed by atoms with van der Waals surface area (Å²) in [6.07, 6.45) is 9.07. The van der Waals surface area contributed by atoms with Gasteiger partial charge in [-0.15, -0.1) is 0 Å². The maximum absolute atomic E-state index is 6.06. The molecule has 0 amide bonds. The minimum atomic E-state index is -0.100. The molecule has 0 bridgehead atoms. The summed E-state index contributed by atoms with van der Waals surface area (Å²) >= 11 is 11.8. The number of rotatable bonds is 5. The topological polar surface area (TPSA) is 58.9 Å². The van der Waals surface area contributed by atoms with E-state index in [2.05, 4.69) is 35.8 Å². The van der Waals surface area contributed by atoms with Crippen molar-refractivity contribution in [1.29, 1.82) is 0 Å². The van der Waals surface area contributed by atoms with E-state index in [0.29, 0.717) is 16.7 Å². The predicted molar refractivity (Wildman–Crippen MR) is 124 cm³/mol. The standard InChI is InChI=1S/C23H19ClN6S/c24-17-6-7-20(27-14-17)29-13-3-5-19(29)22-21(18-4-1-2-10-26-18)28-23(31)30(22)15-16-8-11-25-12-9-16/h1-14,21-22H,15H2,(H,28,31)/t21-,22-/m1/s1. The van der Waals surface area contributed by atoms with Gasteiger partial charge >= 0.3 is 0 Å². The minimum absolute atomic E-state index is 0.0805. The van der Waals surface area contributed by atoms with Crippen molar-refractivity contribution < 1.29 is 0 Å². The van der Waals surface area contributed by atoms with E-state index >= 15 is 0 Å². The fourth-order valence-corrected chi connectivity index (χ4v) is 4.35. The monoisotopic (exact) mass is 446 g/mol. The average molecular weight is 447 g/mol. The molecule has 4 aromatic rings. The number of nitrogens with zero attached hydrogens (tertiary/aromatic N) is 5.